The van der Waals surface area contributed by atoms with E-state index in [2.05, 4.69) is 33.5 Å². The van der Waals surface area contributed by atoms with Gasteiger partial charge in [0.15, 0.2) is 12.6 Å². The van der Waals surface area contributed by atoms with E-state index >= 15 is 0 Å². The number of thiol groups is 1. The molecule has 0 fully saturated rings. The van der Waals surface area contributed by atoms with Crippen molar-refractivity contribution in [1.82, 2.24) is 20.2 Å². The minimum absolute atomic E-state index is 0.0768. The molecule has 3 rings (SSSR count). The van der Waals surface area contributed by atoms with Crippen LogP contribution in [-0.4, -0.2) is 26.2 Å². The van der Waals surface area contributed by atoms with Crippen LogP contribution in [0.4, 0.5) is 5.69 Å². The fraction of sp³-hybridized carbons (Fsp3) is 0.200. The Hall–Kier alpha value is -2.10. The van der Waals surface area contributed by atoms with Gasteiger partial charge in [-0.3, -0.25) is 4.79 Å². The molecule has 0 unspecified atom stereocenters. The van der Waals surface area contributed by atoms with Gasteiger partial charge in [-0.2, -0.15) is 4.68 Å². The lowest BCUT2D eigenvalue weighted by Crippen LogP contribution is -2.10. The standard InChI is InChI=1S/C15H14ClN5O2S2/c1-9(22)23-8-21-15(18-19-20-21)11-5-14(24)12(16)6-13(11)17-7-10-3-2-4-25-10/h2-6,17,24H,7-8H2,1H3. The van der Waals surface area contributed by atoms with Crippen LogP contribution in [0.25, 0.3) is 11.4 Å². The number of tetrazole rings is 1. The zero-order valence-electron chi connectivity index (χ0n) is 13.1. The molecular weight excluding hydrogens is 382 g/mol. The molecule has 0 bridgehead atoms. The van der Waals surface area contributed by atoms with Crippen LogP contribution in [0.1, 0.15) is 11.8 Å². The minimum atomic E-state index is -0.413. The van der Waals surface area contributed by atoms with Gasteiger partial charge in [0.1, 0.15) is 0 Å². The van der Waals surface area contributed by atoms with Crippen molar-refractivity contribution in [3.63, 3.8) is 0 Å². The molecule has 0 aliphatic heterocycles. The molecule has 0 aliphatic rings. The molecule has 0 atom stereocenters. The summed E-state index contributed by atoms with van der Waals surface area (Å²) in [4.78, 5) is 12.8. The number of aromatic nitrogens is 4. The molecule has 0 saturated carbocycles. The first-order valence-corrected chi connectivity index (χ1v) is 8.93. The van der Waals surface area contributed by atoms with Gasteiger partial charge in [-0.25, -0.2) is 0 Å². The average Bonchev–Trinajstić information content (AvgIpc) is 3.24. The van der Waals surface area contributed by atoms with E-state index < -0.39 is 5.97 Å². The van der Waals surface area contributed by atoms with Crippen molar-refractivity contribution >= 4 is 47.2 Å². The highest BCUT2D eigenvalue weighted by Gasteiger charge is 2.16. The second-order valence-electron chi connectivity index (χ2n) is 5.05. The maximum atomic E-state index is 11.0. The highest BCUT2D eigenvalue weighted by molar-refractivity contribution is 7.80. The summed E-state index contributed by atoms with van der Waals surface area (Å²) < 4.78 is 6.38. The third-order valence-corrected chi connectivity index (χ3v) is 4.97. The van der Waals surface area contributed by atoms with Crippen LogP contribution in [0, 0.1) is 0 Å². The Labute approximate surface area is 158 Å². The van der Waals surface area contributed by atoms with Crippen LogP contribution in [0.15, 0.2) is 34.5 Å². The number of carbonyl (C=O) groups excluding carboxylic acids is 1. The van der Waals surface area contributed by atoms with Crippen molar-refractivity contribution in [3.05, 3.63) is 39.5 Å². The molecule has 3 aromatic rings. The molecule has 0 amide bonds. The van der Waals surface area contributed by atoms with Gasteiger partial charge in [-0.05, 0) is 34.0 Å². The molecule has 7 nitrogen and oxygen atoms in total. The molecule has 1 aromatic carbocycles. The molecule has 2 aromatic heterocycles. The summed E-state index contributed by atoms with van der Waals surface area (Å²) in [6.45, 7) is 1.89. The third kappa shape index (κ3) is 4.30. The van der Waals surface area contributed by atoms with E-state index in [0.717, 1.165) is 5.69 Å². The van der Waals surface area contributed by atoms with E-state index in [1.165, 1.54) is 16.5 Å². The van der Waals surface area contributed by atoms with Crippen molar-refractivity contribution in [2.75, 3.05) is 5.32 Å². The number of nitrogens with one attached hydrogen (secondary N) is 1. The van der Waals surface area contributed by atoms with Gasteiger partial charge in [-0.1, -0.05) is 17.7 Å². The van der Waals surface area contributed by atoms with E-state index in [-0.39, 0.29) is 6.73 Å². The number of carbonyl (C=O) groups is 1. The number of nitrogens with zero attached hydrogens (tertiary/aromatic N) is 4. The van der Waals surface area contributed by atoms with Crippen molar-refractivity contribution in [1.29, 1.82) is 0 Å². The normalized spacial score (nSPS) is 10.7. The molecule has 0 saturated heterocycles. The number of esters is 1. The van der Waals surface area contributed by atoms with Gasteiger partial charge in [-0.15, -0.1) is 29.1 Å². The first-order valence-electron chi connectivity index (χ1n) is 7.23. The lowest BCUT2D eigenvalue weighted by molar-refractivity contribution is -0.145. The Morgan fingerprint density at radius 1 is 1.48 bits per heavy atom. The largest absolute Gasteiger partial charge is 0.442 e. The predicted molar refractivity (Wildman–Crippen MR) is 98.9 cm³/mol. The molecule has 130 valence electrons. The van der Waals surface area contributed by atoms with Crippen LogP contribution < -0.4 is 5.32 Å². The lowest BCUT2D eigenvalue weighted by atomic mass is 10.1. The Bertz CT molecular complexity index is 882. The molecule has 25 heavy (non-hydrogen) atoms. The summed E-state index contributed by atoms with van der Waals surface area (Å²) in [7, 11) is 0. The molecule has 1 N–H and O–H groups in total. The van der Waals surface area contributed by atoms with Gasteiger partial charge < -0.3 is 10.1 Å². The molecule has 0 aliphatic carbocycles. The van der Waals surface area contributed by atoms with Gasteiger partial charge >= 0.3 is 5.97 Å². The maximum absolute atomic E-state index is 11.0. The van der Waals surface area contributed by atoms with Gasteiger partial charge in [0.2, 0.25) is 0 Å². The number of rotatable bonds is 6. The fourth-order valence-corrected chi connectivity index (χ4v) is 3.13. The summed E-state index contributed by atoms with van der Waals surface area (Å²) in [5.74, 6) is 0.0328. The maximum Gasteiger partial charge on any atom is 0.304 e. The fourth-order valence-electron chi connectivity index (χ4n) is 2.13. The Kier molecular flexibility index (Phi) is 5.57. The molecule has 10 heteroatoms. The van der Waals surface area contributed by atoms with Crippen LogP contribution >= 0.6 is 35.6 Å². The summed E-state index contributed by atoms with van der Waals surface area (Å²) in [6, 6.07) is 7.58. The highest BCUT2D eigenvalue weighted by atomic mass is 35.5. The van der Waals surface area contributed by atoms with Crippen molar-refractivity contribution in [3.8, 4) is 11.4 Å². The van der Waals surface area contributed by atoms with Gasteiger partial charge in [0.05, 0.1) is 5.02 Å². The molecule has 2 heterocycles. The number of halogens is 1. The first kappa shape index (κ1) is 17.7. The Morgan fingerprint density at radius 2 is 2.32 bits per heavy atom. The second kappa shape index (κ2) is 7.85. The highest BCUT2D eigenvalue weighted by Crippen LogP contribution is 2.34. The first-order chi connectivity index (χ1) is 12.0. The van der Waals surface area contributed by atoms with E-state index in [1.807, 2.05) is 17.5 Å². The Morgan fingerprint density at radius 3 is 3.04 bits per heavy atom. The quantitative estimate of drug-likeness (QED) is 0.491. The summed E-state index contributed by atoms with van der Waals surface area (Å²) in [6.07, 6.45) is 0. The van der Waals surface area contributed by atoms with E-state index in [1.54, 1.807) is 23.5 Å². The number of hydrogen-bond acceptors (Lipinski definition) is 8. The lowest BCUT2D eigenvalue weighted by Gasteiger charge is -2.13. The number of anilines is 1. The van der Waals surface area contributed by atoms with Crippen LogP contribution in [0.2, 0.25) is 5.02 Å². The predicted octanol–water partition coefficient (Wildman–Crippen LogP) is 3.48. The number of hydrogen-bond donors (Lipinski definition) is 2. The third-order valence-electron chi connectivity index (χ3n) is 3.28. The second-order valence-corrected chi connectivity index (χ2v) is 6.97. The zero-order chi connectivity index (χ0) is 17.8. The molecule has 0 radical (unpaired) electrons. The molecular formula is C15H14ClN5O2S2. The van der Waals surface area contributed by atoms with E-state index in [9.17, 15) is 4.79 Å². The minimum Gasteiger partial charge on any atom is -0.442 e. The van der Waals surface area contributed by atoms with E-state index in [4.69, 9.17) is 16.3 Å². The monoisotopic (exact) mass is 395 g/mol. The number of ether oxygens (including phenoxy) is 1. The number of thiophene rings is 1. The summed E-state index contributed by atoms with van der Waals surface area (Å²) in [5, 5.41) is 17.4. The summed E-state index contributed by atoms with van der Waals surface area (Å²) >= 11 is 12.2. The topological polar surface area (TPSA) is 81.9 Å². The zero-order valence-corrected chi connectivity index (χ0v) is 15.6. The van der Waals surface area contributed by atoms with Crippen LogP contribution in [0.5, 0.6) is 0 Å². The SMILES string of the molecule is CC(=O)OCn1nnnc1-c1cc(S)c(Cl)cc1NCc1cccs1. The van der Waals surface area contributed by atoms with Crippen molar-refractivity contribution in [2.45, 2.75) is 25.1 Å². The van der Waals surface area contributed by atoms with Gasteiger partial charge in [0, 0.05) is 34.5 Å². The van der Waals surface area contributed by atoms with Gasteiger partial charge in [0.25, 0.3) is 0 Å². The molecule has 0 spiro atoms. The van der Waals surface area contributed by atoms with Crippen molar-refractivity contribution < 1.29 is 9.53 Å². The smallest absolute Gasteiger partial charge is 0.304 e. The van der Waals surface area contributed by atoms with Crippen molar-refractivity contribution in [2.24, 2.45) is 0 Å². The average molecular weight is 396 g/mol. The van der Waals surface area contributed by atoms with Crippen LogP contribution in [-0.2, 0) is 22.8 Å². The Balaban J connectivity index is 1.93. The summed E-state index contributed by atoms with van der Waals surface area (Å²) in [5.41, 5.74) is 1.47. The number of benzene rings is 1. The van der Waals surface area contributed by atoms with Crippen LogP contribution in [0.3, 0.4) is 0 Å². The van der Waals surface area contributed by atoms with E-state index in [0.29, 0.717) is 27.9 Å².